The summed E-state index contributed by atoms with van der Waals surface area (Å²) in [5.41, 5.74) is 11.5. The smallest absolute Gasteiger partial charge is 0.217 e. The predicted molar refractivity (Wildman–Crippen MR) is 205 cm³/mol. The van der Waals surface area contributed by atoms with Gasteiger partial charge in [-0.1, -0.05) is 116 Å². The number of ether oxygens (including phenoxy) is 1. The van der Waals surface area contributed by atoms with Crippen molar-refractivity contribution in [3.8, 4) is 62.3 Å². The normalized spacial score (nSPS) is 11.4. The summed E-state index contributed by atoms with van der Waals surface area (Å²) in [5.74, 6) is 2.45. The van der Waals surface area contributed by atoms with Crippen LogP contribution in [0.15, 0.2) is 103 Å². The molecule has 0 saturated carbocycles. The van der Waals surface area contributed by atoms with Crippen molar-refractivity contribution in [2.75, 3.05) is 0 Å². The van der Waals surface area contributed by atoms with E-state index < -0.39 is 0 Å². The van der Waals surface area contributed by atoms with Gasteiger partial charge in [0, 0.05) is 62.1 Å². The Balaban J connectivity index is 0.00000504. The van der Waals surface area contributed by atoms with Gasteiger partial charge in [0.05, 0.1) is 11.4 Å². The molecule has 0 saturated heterocycles. The Hall–Kier alpha value is -4.60. The Morgan fingerprint density at radius 1 is 0.627 bits per heavy atom. The second-order valence-electron chi connectivity index (χ2n) is 14.2. The molecule has 1 N–H and O–H groups in total. The molecule has 0 aliphatic carbocycles. The molecular weight excluding hydrogens is 810 g/mol. The minimum atomic E-state index is 0. The van der Waals surface area contributed by atoms with Gasteiger partial charge in [0.2, 0.25) is 5.88 Å². The Bertz CT molecular complexity index is 2070. The van der Waals surface area contributed by atoms with Crippen molar-refractivity contribution in [2.45, 2.75) is 79.1 Å². The van der Waals surface area contributed by atoms with Crippen LogP contribution < -0.4 is 4.74 Å². The molecular formula is C45H46N3O2Pt-. The van der Waals surface area contributed by atoms with Crippen LogP contribution in [-0.4, -0.2) is 20.1 Å². The molecule has 0 amide bonds. The van der Waals surface area contributed by atoms with Gasteiger partial charge in [-0.3, -0.25) is 9.97 Å². The first-order valence-corrected chi connectivity index (χ1v) is 17.6. The predicted octanol–water partition coefficient (Wildman–Crippen LogP) is 12.3. The molecule has 5 nitrogen and oxygen atoms in total. The molecule has 51 heavy (non-hydrogen) atoms. The number of hydrogen-bond donors (Lipinski definition) is 1. The fraction of sp³-hybridized carbons (Fsp3) is 0.267. The third-order valence-electron chi connectivity index (χ3n) is 9.15. The molecule has 0 unspecified atom stereocenters. The van der Waals surface area contributed by atoms with Gasteiger partial charge in [0.1, 0.15) is 5.75 Å². The Morgan fingerprint density at radius 2 is 1.27 bits per heavy atom. The van der Waals surface area contributed by atoms with E-state index in [1.54, 1.807) is 12.3 Å². The summed E-state index contributed by atoms with van der Waals surface area (Å²) in [6.45, 7) is 17.7. The van der Waals surface area contributed by atoms with E-state index in [0.717, 1.165) is 16.7 Å². The van der Waals surface area contributed by atoms with Crippen molar-refractivity contribution in [3.05, 3.63) is 132 Å². The van der Waals surface area contributed by atoms with Crippen molar-refractivity contribution in [2.24, 2.45) is 0 Å². The van der Waals surface area contributed by atoms with Crippen molar-refractivity contribution in [1.29, 1.82) is 0 Å². The molecule has 2 heterocycles. The van der Waals surface area contributed by atoms with Crippen molar-refractivity contribution < 1.29 is 30.9 Å². The fourth-order valence-corrected chi connectivity index (χ4v) is 6.36. The largest absolute Gasteiger partial charge is 0.507 e. The number of pyridine rings is 1. The van der Waals surface area contributed by atoms with Gasteiger partial charge in [-0.2, -0.15) is 0 Å². The number of aromatic hydroxyl groups is 1. The van der Waals surface area contributed by atoms with Crippen LogP contribution >= 0.6 is 0 Å². The zero-order valence-electron chi connectivity index (χ0n) is 30.6. The van der Waals surface area contributed by atoms with Gasteiger partial charge < -0.3 is 9.84 Å². The van der Waals surface area contributed by atoms with E-state index >= 15 is 0 Å². The summed E-state index contributed by atoms with van der Waals surface area (Å²) in [7, 11) is 0. The monoisotopic (exact) mass is 855 g/mol. The molecule has 0 bridgehead atoms. The summed E-state index contributed by atoms with van der Waals surface area (Å²) in [6, 6.07) is 33.9. The fourth-order valence-electron chi connectivity index (χ4n) is 6.36. The van der Waals surface area contributed by atoms with Crippen LogP contribution in [0.4, 0.5) is 0 Å². The van der Waals surface area contributed by atoms with Crippen molar-refractivity contribution >= 4 is 0 Å². The van der Waals surface area contributed by atoms with E-state index in [1.807, 2.05) is 48.7 Å². The van der Waals surface area contributed by atoms with Crippen LogP contribution in [-0.2, 0) is 21.1 Å². The minimum absolute atomic E-state index is 0. The van der Waals surface area contributed by atoms with E-state index in [0.29, 0.717) is 57.9 Å². The molecule has 0 fully saturated rings. The SMILES string of the molecule is CC(C)c1cc(-c2ncc(-c3[c-]c(Oc4ccccn4)cc(-c4c(C(C)C)cccc4C(C)C)c3)nc2-c2ccccc2O)cc(C(C)C)c1.[Pt]. The first-order chi connectivity index (χ1) is 24.0. The maximum Gasteiger partial charge on any atom is 0.217 e. The molecule has 6 aromatic rings. The standard InChI is InChI=1S/C45H46N3O2.Pt/c1-27(2)31-20-32(28(3)4)22-35(21-31)44-45(39-14-9-10-17-41(39)49)48-40(26-47-44)33-23-34(25-36(24-33)50-42-18-11-12-19-46-42)43-37(29(5)6)15-13-16-38(43)30(7)8;/h9-23,25-30,49H,1-8H3;/q-1;. The molecule has 264 valence electrons. The minimum Gasteiger partial charge on any atom is -0.507 e. The van der Waals surface area contributed by atoms with E-state index in [4.69, 9.17) is 14.7 Å². The Morgan fingerprint density at radius 3 is 1.86 bits per heavy atom. The third-order valence-corrected chi connectivity index (χ3v) is 9.15. The van der Waals surface area contributed by atoms with Crippen molar-refractivity contribution in [3.63, 3.8) is 0 Å². The van der Waals surface area contributed by atoms with Crippen molar-refractivity contribution in [1.82, 2.24) is 15.0 Å². The average molecular weight is 856 g/mol. The zero-order chi connectivity index (χ0) is 35.5. The van der Waals surface area contributed by atoms with E-state index in [-0.39, 0.29) is 26.8 Å². The second kappa shape index (κ2) is 16.2. The molecule has 0 aliphatic rings. The number of phenolic OH excluding ortho intramolecular Hbond substituents is 1. The van der Waals surface area contributed by atoms with Crippen LogP contribution in [0.2, 0.25) is 0 Å². The third kappa shape index (κ3) is 8.32. The van der Waals surface area contributed by atoms with Crippen LogP contribution in [0.25, 0.3) is 44.9 Å². The van der Waals surface area contributed by atoms with Gasteiger partial charge in [0.15, 0.2) is 0 Å². The number of para-hydroxylation sites is 1. The van der Waals surface area contributed by atoms with Gasteiger partial charge in [-0.15, -0.1) is 11.6 Å². The Labute approximate surface area is 317 Å². The number of nitrogens with zero attached hydrogens (tertiary/aromatic N) is 3. The number of rotatable bonds is 10. The maximum atomic E-state index is 11.1. The number of hydrogen-bond acceptors (Lipinski definition) is 5. The maximum absolute atomic E-state index is 11.1. The Kier molecular flexibility index (Phi) is 11.9. The quantitative estimate of drug-likeness (QED) is 0.139. The second-order valence-corrected chi connectivity index (χ2v) is 14.2. The molecule has 6 rings (SSSR count). The van der Waals surface area contributed by atoms with Gasteiger partial charge >= 0.3 is 0 Å². The summed E-state index contributed by atoms with van der Waals surface area (Å²) in [4.78, 5) is 14.8. The first kappa shape index (κ1) is 37.6. The van der Waals surface area contributed by atoms with Gasteiger partial charge in [-0.25, -0.2) is 4.98 Å². The average Bonchev–Trinajstić information content (AvgIpc) is 3.11. The molecule has 4 aromatic carbocycles. The molecule has 2 aromatic heterocycles. The van der Waals surface area contributed by atoms with Crippen LogP contribution in [0.1, 0.15) is 101 Å². The summed E-state index contributed by atoms with van der Waals surface area (Å²) >= 11 is 0. The van der Waals surface area contributed by atoms with Gasteiger partial charge in [0.25, 0.3) is 0 Å². The number of aromatic nitrogens is 3. The first-order valence-electron chi connectivity index (χ1n) is 17.6. The summed E-state index contributed by atoms with van der Waals surface area (Å²) in [6.07, 6.45) is 3.53. The van der Waals surface area contributed by atoms with Crippen LogP contribution in [0.3, 0.4) is 0 Å². The summed E-state index contributed by atoms with van der Waals surface area (Å²) < 4.78 is 6.35. The number of phenols is 1. The zero-order valence-corrected chi connectivity index (χ0v) is 32.9. The topological polar surface area (TPSA) is 68.1 Å². The van der Waals surface area contributed by atoms with E-state index in [1.165, 1.54) is 27.8 Å². The molecule has 0 atom stereocenters. The van der Waals surface area contributed by atoms with Crippen LogP contribution in [0.5, 0.6) is 17.4 Å². The molecule has 0 aliphatic heterocycles. The molecule has 0 spiro atoms. The summed E-state index contributed by atoms with van der Waals surface area (Å²) in [5, 5.41) is 11.1. The van der Waals surface area contributed by atoms with Gasteiger partial charge in [-0.05, 0) is 81.8 Å². The van der Waals surface area contributed by atoms with Crippen LogP contribution in [0, 0.1) is 6.07 Å². The van der Waals surface area contributed by atoms with E-state index in [2.05, 4.69) is 109 Å². The van der Waals surface area contributed by atoms with E-state index in [9.17, 15) is 5.11 Å². The molecule has 6 heteroatoms. The molecule has 0 radical (unpaired) electrons. The number of benzene rings is 4.